The number of piperidine rings is 1. The first kappa shape index (κ1) is 14.4. The third-order valence-electron chi connectivity index (χ3n) is 3.73. The number of likely N-dealkylation sites (tertiary alicyclic amines) is 1. The Morgan fingerprint density at radius 3 is 2.60 bits per heavy atom. The minimum atomic E-state index is 0.142. The van der Waals surface area contributed by atoms with E-state index in [4.69, 9.17) is 5.73 Å². The van der Waals surface area contributed by atoms with Crippen LogP contribution in [0.1, 0.15) is 31.4 Å². The highest BCUT2D eigenvalue weighted by molar-refractivity contribution is 5.77. The van der Waals surface area contributed by atoms with Gasteiger partial charge in [-0.1, -0.05) is 30.3 Å². The lowest BCUT2D eigenvalue weighted by Crippen LogP contribution is -2.37. The van der Waals surface area contributed by atoms with E-state index in [-0.39, 0.29) is 6.04 Å². The Morgan fingerprint density at radius 1 is 1.40 bits per heavy atom. The van der Waals surface area contributed by atoms with E-state index in [9.17, 15) is 4.79 Å². The summed E-state index contributed by atoms with van der Waals surface area (Å²) in [5.41, 5.74) is 10.0. The van der Waals surface area contributed by atoms with Crippen molar-refractivity contribution in [2.75, 3.05) is 13.1 Å². The maximum Gasteiger partial charge on any atom is 0.209 e. The minimum Gasteiger partial charge on any atom is -0.386 e. The number of rotatable bonds is 5. The fraction of sp³-hybridized carbons (Fsp3) is 0.467. The molecule has 1 aliphatic heterocycles. The molecule has 5 nitrogen and oxygen atoms in total. The van der Waals surface area contributed by atoms with Crippen molar-refractivity contribution in [1.29, 1.82) is 0 Å². The molecular weight excluding hydrogens is 252 g/mol. The fourth-order valence-electron chi connectivity index (χ4n) is 2.64. The average Bonchev–Trinajstić information content (AvgIpc) is 2.49. The van der Waals surface area contributed by atoms with Gasteiger partial charge in [0.05, 0.1) is 6.04 Å². The summed E-state index contributed by atoms with van der Waals surface area (Å²) in [6, 6.07) is 10.4. The van der Waals surface area contributed by atoms with Crippen LogP contribution < -0.4 is 11.2 Å². The summed E-state index contributed by atoms with van der Waals surface area (Å²) in [6.07, 6.45) is 2.89. The maximum atomic E-state index is 10.8. The van der Waals surface area contributed by atoms with Gasteiger partial charge in [0.25, 0.3) is 0 Å². The van der Waals surface area contributed by atoms with Crippen LogP contribution in [0.3, 0.4) is 0 Å². The zero-order chi connectivity index (χ0) is 14.4. The van der Waals surface area contributed by atoms with E-state index in [0.717, 1.165) is 32.3 Å². The molecule has 108 valence electrons. The quantitative estimate of drug-likeness (QED) is 0.370. The first-order chi connectivity index (χ1) is 9.70. The molecule has 1 heterocycles. The average molecular weight is 274 g/mol. The summed E-state index contributed by atoms with van der Waals surface area (Å²) < 4.78 is 0. The summed E-state index contributed by atoms with van der Waals surface area (Å²) in [5, 5.41) is 4.18. The molecular formula is C15H22N4O. The monoisotopic (exact) mass is 274 g/mol. The maximum absolute atomic E-state index is 10.8. The van der Waals surface area contributed by atoms with Gasteiger partial charge in [-0.25, -0.2) is 0 Å². The summed E-state index contributed by atoms with van der Waals surface area (Å²) in [7, 11) is 0. The second kappa shape index (κ2) is 6.93. The molecule has 0 aliphatic carbocycles. The van der Waals surface area contributed by atoms with E-state index in [1.807, 2.05) is 23.1 Å². The van der Waals surface area contributed by atoms with Crippen LogP contribution in [0.5, 0.6) is 0 Å². The number of hydrogen-bond acceptors (Lipinski definition) is 3. The van der Waals surface area contributed by atoms with Crippen LogP contribution in [0.15, 0.2) is 35.4 Å². The molecule has 0 spiro atoms. The van der Waals surface area contributed by atoms with Gasteiger partial charge in [-0.05, 0) is 31.2 Å². The molecule has 5 heteroatoms. The standard InChI is InChI=1S/C15H22N4O/c1-12(16)17-18-15(13-5-3-2-4-6-13)14-7-9-19(11-20)10-8-14/h2-6,11,14-15,18H,7-10H2,1H3,(H2,16,17). The Morgan fingerprint density at radius 2 is 2.05 bits per heavy atom. The van der Waals surface area contributed by atoms with Gasteiger partial charge in [0.15, 0.2) is 0 Å². The van der Waals surface area contributed by atoms with E-state index in [2.05, 4.69) is 22.7 Å². The van der Waals surface area contributed by atoms with Crippen LogP contribution in [0.25, 0.3) is 0 Å². The van der Waals surface area contributed by atoms with E-state index in [1.54, 1.807) is 6.92 Å². The molecule has 2 rings (SSSR count). The van der Waals surface area contributed by atoms with Crippen LogP contribution in [0, 0.1) is 5.92 Å². The van der Waals surface area contributed by atoms with E-state index in [1.165, 1.54) is 5.56 Å². The first-order valence-electron chi connectivity index (χ1n) is 7.00. The van der Waals surface area contributed by atoms with Crippen molar-refractivity contribution in [1.82, 2.24) is 10.3 Å². The van der Waals surface area contributed by atoms with Gasteiger partial charge in [0.1, 0.15) is 5.84 Å². The van der Waals surface area contributed by atoms with Crippen LogP contribution in [-0.2, 0) is 4.79 Å². The molecule has 1 aliphatic rings. The summed E-state index contributed by atoms with van der Waals surface area (Å²) in [4.78, 5) is 12.6. The van der Waals surface area contributed by atoms with E-state index in [0.29, 0.717) is 11.8 Å². The smallest absolute Gasteiger partial charge is 0.209 e. The molecule has 1 atom stereocenters. The van der Waals surface area contributed by atoms with Crippen molar-refractivity contribution < 1.29 is 4.79 Å². The van der Waals surface area contributed by atoms with Crippen molar-refractivity contribution in [3.8, 4) is 0 Å². The van der Waals surface area contributed by atoms with Gasteiger partial charge in [-0.3, -0.25) is 4.79 Å². The number of carbonyl (C=O) groups excluding carboxylic acids is 1. The Hall–Kier alpha value is -2.04. The predicted molar refractivity (Wildman–Crippen MR) is 80.0 cm³/mol. The van der Waals surface area contributed by atoms with Crippen molar-refractivity contribution in [3.63, 3.8) is 0 Å². The SMILES string of the molecule is C/C(N)=N/NC(c1ccccc1)C1CCN(C=O)CC1. The molecule has 0 radical (unpaired) electrons. The predicted octanol–water partition coefficient (Wildman–Crippen LogP) is 1.48. The Labute approximate surface area is 119 Å². The van der Waals surface area contributed by atoms with Gasteiger partial charge in [-0.15, -0.1) is 0 Å². The third-order valence-corrected chi connectivity index (χ3v) is 3.73. The third kappa shape index (κ3) is 3.73. The fourth-order valence-corrected chi connectivity index (χ4v) is 2.64. The molecule has 20 heavy (non-hydrogen) atoms. The number of benzene rings is 1. The Bertz CT molecular complexity index is 448. The van der Waals surface area contributed by atoms with Crippen LogP contribution >= 0.6 is 0 Å². The number of hydrogen-bond donors (Lipinski definition) is 2. The highest BCUT2D eigenvalue weighted by atomic mass is 16.1. The van der Waals surface area contributed by atoms with Gasteiger partial charge in [0, 0.05) is 13.1 Å². The van der Waals surface area contributed by atoms with Crippen LogP contribution in [-0.4, -0.2) is 30.2 Å². The lowest BCUT2D eigenvalue weighted by Gasteiger charge is -2.34. The Balaban J connectivity index is 2.11. The normalized spacial score (nSPS) is 18.6. The van der Waals surface area contributed by atoms with Crippen LogP contribution in [0.4, 0.5) is 0 Å². The lowest BCUT2D eigenvalue weighted by molar-refractivity contribution is -0.119. The zero-order valence-electron chi connectivity index (χ0n) is 11.8. The highest BCUT2D eigenvalue weighted by Crippen LogP contribution is 2.30. The lowest BCUT2D eigenvalue weighted by atomic mass is 9.86. The molecule has 1 unspecified atom stereocenters. The summed E-state index contributed by atoms with van der Waals surface area (Å²) in [5.74, 6) is 0.980. The molecule has 0 bridgehead atoms. The molecule has 1 amide bonds. The largest absolute Gasteiger partial charge is 0.386 e. The number of amides is 1. The number of nitrogens with one attached hydrogen (secondary N) is 1. The van der Waals surface area contributed by atoms with Crippen molar-refractivity contribution in [2.45, 2.75) is 25.8 Å². The first-order valence-corrected chi connectivity index (χ1v) is 7.00. The van der Waals surface area contributed by atoms with E-state index < -0.39 is 0 Å². The van der Waals surface area contributed by atoms with E-state index >= 15 is 0 Å². The molecule has 1 saturated heterocycles. The number of nitrogens with zero attached hydrogens (tertiary/aromatic N) is 2. The zero-order valence-corrected chi connectivity index (χ0v) is 11.8. The number of amidine groups is 1. The molecule has 1 fully saturated rings. The van der Waals surface area contributed by atoms with Crippen molar-refractivity contribution in [3.05, 3.63) is 35.9 Å². The van der Waals surface area contributed by atoms with Gasteiger partial charge in [-0.2, -0.15) is 5.10 Å². The highest BCUT2D eigenvalue weighted by Gasteiger charge is 2.27. The second-order valence-corrected chi connectivity index (χ2v) is 5.25. The second-order valence-electron chi connectivity index (χ2n) is 5.25. The van der Waals surface area contributed by atoms with Crippen molar-refractivity contribution >= 4 is 12.2 Å². The topological polar surface area (TPSA) is 70.7 Å². The molecule has 1 aromatic rings. The van der Waals surface area contributed by atoms with Crippen LogP contribution in [0.2, 0.25) is 0 Å². The summed E-state index contributed by atoms with van der Waals surface area (Å²) >= 11 is 0. The number of nitrogens with two attached hydrogens (primary N) is 1. The minimum absolute atomic E-state index is 0.142. The number of carbonyl (C=O) groups is 1. The van der Waals surface area contributed by atoms with Gasteiger partial charge in [0.2, 0.25) is 6.41 Å². The molecule has 1 aromatic carbocycles. The molecule has 0 aromatic heterocycles. The van der Waals surface area contributed by atoms with Crippen molar-refractivity contribution in [2.24, 2.45) is 16.8 Å². The number of hydrazone groups is 1. The van der Waals surface area contributed by atoms with Gasteiger partial charge >= 0.3 is 0 Å². The van der Waals surface area contributed by atoms with Gasteiger partial charge < -0.3 is 16.1 Å². The Kier molecular flexibility index (Phi) is 4.98. The summed E-state index contributed by atoms with van der Waals surface area (Å²) in [6.45, 7) is 3.39. The molecule has 0 saturated carbocycles. The molecule has 3 N–H and O–H groups in total.